The predicted molar refractivity (Wildman–Crippen MR) is 104 cm³/mol. The first-order chi connectivity index (χ1) is 13.0. The minimum atomic E-state index is -0.699. The third kappa shape index (κ3) is 4.50. The van der Waals surface area contributed by atoms with Gasteiger partial charge in [-0.3, -0.25) is 4.79 Å². The van der Waals surface area contributed by atoms with Gasteiger partial charge in [0.05, 0.1) is 6.61 Å². The standard InChI is InChI=1S/C21H22FNO3S/c1-14(2)12-26-21(25)18-13-27-20(15-7-4-3-5-8-15)23(18)19(24)16-9-6-10-17(22)11-16/h3-11,14,18,20H,12-13H2,1-2H3/t18-,20+/m1/s1. The summed E-state index contributed by atoms with van der Waals surface area (Å²) in [6.07, 6.45) is 0. The number of halogens is 1. The van der Waals surface area contributed by atoms with Crippen LogP contribution in [0, 0.1) is 11.7 Å². The summed E-state index contributed by atoms with van der Waals surface area (Å²) in [7, 11) is 0. The molecule has 2 aromatic rings. The van der Waals surface area contributed by atoms with Gasteiger partial charge in [-0.25, -0.2) is 9.18 Å². The van der Waals surface area contributed by atoms with E-state index in [0.717, 1.165) is 5.56 Å². The molecule has 0 unspecified atom stereocenters. The molecule has 27 heavy (non-hydrogen) atoms. The van der Waals surface area contributed by atoms with Crippen molar-refractivity contribution in [1.29, 1.82) is 0 Å². The summed E-state index contributed by atoms with van der Waals surface area (Å²) in [6, 6.07) is 14.4. The van der Waals surface area contributed by atoms with Crippen LogP contribution in [0.5, 0.6) is 0 Å². The van der Waals surface area contributed by atoms with Gasteiger partial charge >= 0.3 is 5.97 Å². The molecule has 0 aromatic heterocycles. The van der Waals surface area contributed by atoms with Crippen LogP contribution < -0.4 is 0 Å². The molecule has 0 aliphatic carbocycles. The fourth-order valence-corrected chi connectivity index (χ4v) is 4.34. The van der Waals surface area contributed by atoms with E-state index in [2.05, 4.69) is 0 Å². The molecule has 2 aromatic carbocycles. The molecule has 1 saturated heterocycles. The topological polar surface area (TPSA) is 46.6 Å². The average Bonchev–Trinajstić information content (AvgIpc) is 3.11. The number of rotatable bonds is 5. The normalized spacial score (nSPS) is 19.3. The molecular weight excluding hydrogens is 365 g/mol. The number of amides is 1. The molecule has 1 fully saturated rings. The van der Waals surface area contributed by atoms with E-state index in [1.165, 1.54) is 34.9 Å². The van der Waals surface area contributed by atoms with Crippen LogP contribution in [0.25, 0.3) is 0 Å². The molecule has 142 valence electrons. The zero-order valence-corrected chi connectivity index (χ0v) is 16.1. The Kier molecular flexibility index (Phi) is 6.16. The van der Waals surface area contributed by atoms with Crippen LogP contribution in [0.1, 0.15) is 35.1 Å². The van der Waals surface area contributed by atoms with E-state index in [1.54, 1.807) is 6.07 Å². The second-order valence-electron chi connectivity index (χ2n) is 6.86. The van der Waals surface area contributed by atoms with Crippen molar-refractivity contribution in [2.24, 2.45) is 5.92 Å². The minimum absolute atomic E-state index is 0.209. The Morgan fingerprint density at radius 3 is 2.59 bits per heavy atom. The Balaban J connectivity index is 1.92. The number of ether oxygens (including phenoxy) is 1. The number of carbonyl (C=O) groups excluding carboxylic acids is 2. The molecule has 3 rings (SSSR count). The highest BCUT2D eigenvalue weighted by molar-refractivity contribution is 7.99. The quantitative estimate of drug-likeness (QED) is 0.719. The lowest BCUT2D eigenvalue weighted by molar-refractivity contribution is -0.149. The molecule has 0 N–H and O–H groups in total. The van der Waals surface area contributed by atoms with E-state index in [-0.39, 0.29) is 22.8 Å². The Morgan fingerprint density at radius 1 is 1.19 bits per heavy atom. The summed E-state index contributed by atoms with van der Waals surface area (Å²) in [5, 5.41) is -0.321. The van der Waals surface area contributed by atoms with Gasteiger partial charge in [0.15, 0.2) is 0 Å². The second kappa shape index (κ2) is 8.57. The maximum absolute atomic E-state index is 13.6. The molecule has 1 aliphatic heterocycles. The SMILES string of the molecule is CC(C)COC(=O)[C@H]1CS[C@@H](c2ccccc2)N1C(=O)c1cccc(F)c1. The molecule has 0 bridgehead atoms. The van der Waals surface area contributed by atoms with Gasteiger partial charge in [-0.1, -0.05) is 50.2 Å². The van der Waals surface area contributed by atoms with Crippen LogP contribution in [-0.4, -0.2) is 35.2 Å². The summed E-state index contributed by atoms with van der Waals surface area (Å²) in [5.74, 6) is -0.625. The molecular formula is C21H22FNO3S. The number of esters is 1. The van der Waals surface area contributed by atoms with Gasteiger partial charge in [-0.05, 0) is 29.7 Å². The Hall–Kier alpha value is -2.34. The van der Waals surface area contributed by atoms with Crippen molar-refractivity contribution < 1.29 is 18.7 Å². The summed E-state index contributed by atoms with van der Waals surface area (Å²) >= 11 is 1.51. The van der Waals surface area contributed by atoms with Crippen LogP contribution in [0.15, 0.2) is 54.6 Å². The molecule has 1 aliphatic rings. The highest BCUT2D eigenvalue weighted by Crippen LogP contribution is 2.42. The van der Waals surface area contributed by atoms with Gasteiger partial charge in [0.1, 0.15) is 17.2 Å². The van der Waals surface area contributed by atoms with Crippen LogP contribution in [0.2, 0.25) is 0 Å². The van der Waals surface area contributed by atoms with Crippen LogP contribution in [0.3, 0.4) is 0 Å². The summed E-state index contributed by atoms with van der Waals surface area (Å²) in [4.78, 5) is 27.3. The van der Waals surface area contributed by atoms with Crippen LogP contribution >= 0.6 is 11.8 Å². The largest absolute Gasteiger partial charge is 0.464 e. The zero-order valence-electron chi connectivity index (χ0n) is 15.3. The van der Waals surface area contributed by atoms with E-state index < -0.39 is 17.8 Å². The molecule has 0 radical (unpaired) electrons. The zero-order chi connectivity index (χ0) is 19.4. The lowest BCUT2D eigenvalue weighted by atomic mass is 10.1. The van der Waals surface area contributed by atoms with Crippen molar-refractivity contribution in [3.05, 3.63) is 71.5 Å². The number of benzene rings is 2. The fourth-order valence-electron chi connectivity index (χ4n) is 2.93. The molecule has 4 nitrogen and oxygen atoms in total. The number of nitrogens with zero attached hydrogens (tertiary/aromatic N) is 1. The van der Waals surface area contributed by atoms with E-state index in [9.17, 15) is 14.0 Å². The molecule has 0 spiro atoms. The highest BCUT2D eigenvalue weighted by Gasteiger charge is 2.43. The molecule has 0 saturated carbocycles. The summed E-state index contributed by atoms with van der Waals surface area (Å²) in [6.45, 7) is 4.22. The summed E-state index contributed by atoms with van der Waals surface area (Å²) in [5.41, 5.74) is 1.14. The average molecular weight is 387 g/mol. The summed E-state index contributed by atoms with van der Waals surface area (Å²) < 4.78 is 19.0. The highest BCUT2D eigenvalue weighted by atomic mass is 32.2. The van der Waals surface area contributed by atoms with Crippen molar-refractivity contribution in [3.8, 4) is 0 Å². The maximum atomic E-state index is 13.6. The van der Waals surface area contributed by atoms with Crippen molar-refractivity contribution >= 4 is 23.6 Å². The lowest BCUT2D eigenvalue weighted by Crippen LogP contribution is -2.44. The number of hydrogen-bond acceptors (Lipinski definition) is 4. The Morgan fingerprint density at radius 2 is 1.93 bits per heavy atom. The lowest BCUT2D eigenvalue weighted by Gasteiger charge is -2.29. The molecule has 2 atom stereocenters. The van der Waals surface area contributed by atoms with Crippen LogP contribution in [-0.2, 0) is 9.53 Å². The maximum Gasteiger partial charge on any atom is 0.329 e. The van der Waals surface area contributed by atoms with Gasteiger partial charge in [0, 0.05) is 11.3 Å². The minimum Gasteiger partial charge on any atom is -0.464 e. The van der Waals surface area contributed by atoms with Crippen molar-refractivity contribution in [2.75, 3.05) is 12.4 Å². The van der Waals surface area contributed by atoms with Crippen molar-refractivity contribution in [3.63, 3.8) is 0 Å². The van der Waals surface area contributed by atoms with Gasteiger partial charge in [-0.15, -0.1) is 11.8 Å². The van der Waals surface area contributed by atoms with Crippen molar-refractivity contribution in [1.82, 2.24) is 4.90 Å². The molecule has 1 heterocycles. The smallest absolute Gasteiger partial charge is 0.329 e. The molecule has 6 heteroatoms. The Labute approximate surface area is 162 Å². The van der Waals surface area contributed by atoms with Crippen LogP contribution in [0.4, 0.5) is 4.39 Å². The first-order valence-electron chi connectivity index (χ1n) is 8.89. The van der Waals surface area contributed by atoms with Gasteiger partial charge < -0.3 is 9.64 Å². The molecule has 1 amide bonds. The van der Waals surface area contributed by atoms with E-state index in [1.807, 2.05) is 44.2 Å². The number of thioether (sulfide) groups is 1. The van der Waals surface area contributed by atoms with Crippen molar-refractivity contribution in [2.45, 2.75) is 25.3 Å². The van der Waals surface area contributed by atoms with E-state index >= 15 is 0 Å². The number of carbonyl (C=O) groups is 2. The van der Waals surface area contributed by atoms with Gasteiger partial charge in [-0.2, -0.15) is 0 Å². The fraction of sp³-hybridized carbons (Fsp3) is 0.333. The third-order valence-corrected chi connectivity index (χ3v) is 5.55. The van der Waals surface area contributed by atoms with E-state index in [4.69, 9.17) is 4.74 Å². The van der Waals surface area contributed by atoms with Gasteiger partial charge in [0.2, 0.25) is 0 Å². The third-order valence-electron chi connectivity index (χ3n) is 4.22. The Bertz CT molecular complexity index is 812. The first kappa shape index (κ1) is 19.4. The monoisotopic (exact) mass is 387 g/mol. The second-order valence-corrected chi connectivity index (χ2v) is 7.97. The van der Waals surface area contributed by atoms with E-state index in [0.29, 0.717) is 12.4 Å². The predicted octanol–water partition coefficient (Wildman–Crippen LogP) is 4.28. The number of hydrogen-bond donors (Lipinski definition) is 0. The van der Waals surface area contributed by atoms with Gasteiger partial charge in [0.25, 0.3) is 5.91 Å². The first-order valence-corrected chi connectivity index (χ1v) is 9.93.